The van der Waals surface area contributed by atoms with Crippen molar-refractivity contribution in [3.8, 4) is 5.75 Å². The van der Waals surface area contributed by atoms with E-state index in [4.69, 9.17) is 4.43 Å². The lowest BCUT2D eigenvalue weighted by Gasteiger charge is -2.36. The fraction of sp³-hybridized carbons (Fsp3) is 0.467. The van der Waals surface area contributed by atoms with Crippen molar-refractivity contribution in [2.75, 3.05) is 0 Å². The molecule has 3 nitrogen and oxygen atoms in total. The third kappa shape index (κ3) is 4.63. The van der Waals surface area contributed by atoms with E-state index in [1.807, 2.05) is 24.3 Å². The van der Waals surface area contributed by atoms with E-state index in [0.29, 0.717) is 0 Å². The average Bonchev–Trinajstić information content (AvgIpc) is 2.24. The summed E-state index contributed by atoms with van der Waals surface area (Å²) in [4.78, 5) is 14.6. The molecule has 1 aromatic rings. The third-order valence-corrected chi connectivity index (χ3v) is 7.79. The SMILES string of the molecule is CC(=O)N=Cc1cccc(O[Si](C)(C)C(C)(C)C)c1. The first kappa shape index (κ1) is 15.6. The van der Waals surface area contributed by atoms with Gasteiger partial charge >= 0.3 is 0 Å². The topological polar surface area (TPSA) is 38.7 Å². The zero-order chi connectivity index (χ0) is 14.7. The van der Waals surface area contributed by atoms with Gasteiger partial charge in [-0.1, -0.05) is 32.9 Å². The summed E-state index contributed by atoms with van der Waals surface area (Å²) in [5.41, 5.74) is 0.881. The molecule has 1 rings (SSSR count). The zero-order valence-electron chi connectivity index (χ0n) is 12.7. The van der Waals surface area contributed by atoms with E-state index in [1.165, 1.54) is 6.92 Å². The van der Waals surface area contributed by atoms with E-state index in [9.17, 15) is 4.79 Å². The van der Waals surface area contributed by atoms with Crippen LogP contribution in [0, 0.1) is 0 Å². The highest BCUT2D eigenvalue weighted by molar-refractivity contribution is 6.74. The van der Waals surface area contributed by atoms with Crippen molar-refractivity contribution in [2.45, 2.75) is 45.8 Å². The van der Waals surface area contributed by atoms with Gasteiger partial charge in [0.1, 0.15) is 5.75 Å². The van der Waals surface area contributed by atoms with Gasteiger partial charge in [0.15, 0.2) is 0 Å². The van der Waals surface area contributed by atoms with Gasteiger partial charge in [-0.05, 0) is 35.8 Å². The van der Waals surface area contributed by atoms with Crippen LogP contribution in [0.1, 0.15) is 33.3 Å². The molecule has 1 amide bonds. The minimum absolute atomic E-state index is 0.163. The number of rotatable bonds is 3. The number of hydrogen-bond acceptors (Lipinski definition) is 2. The van der Waals surface area contributed by atoms with Crippen molar-refractivity contribution in [3.05, 3.63) is 29.8 Å². The molecule has 0 N–H and O–H groups in total. The van der Waals surface area contributed by atoms with Crippen LogP contribution >= 0.6 is 0 Å². The minimum atomic E-state index is -1.82. The van der Waals surface area contributed by atoms with Crippen LogP contribution in [0.3, 0.4) is 0 Å². The number of hydrogen-bond donors (Lipinski definition) is 0. The standard InChI is InChI=1S/C15H23NO2Si/c1-12(17)16-11-13-8-7-9-14(10-13)18-19(5,6)15(2,3)4/h7-11H,1-6H3. The summed E-state index contributed by atoms with van der Waals surface area (Å²) in [6.07, 6.45) is 1.57. The number of benzene rings is 1. The Morgan fingerprint density at radius 2 is 1.95 bits per heavy atom. The molecule has 0 aromatic heterocycles. The predicted molar refractivity (Wildman–Crippen MR) is 82.5 cm³/mol. The molecule has 0 spiro atoms. The third-order valence-electron chi connectivity index (χ3n) is 3.43. The van der Waals surface area contributed by atoms with E-state index in [-0.39, 0.29) is 10.9 Å². The zero-order valence-corrected chi connectivity index (χ0v) is 13.7. The van der Waals surface area contributed by atoms with Crippen LogP contribution in [-0.2, 0) is 4.79 Å². The Morgan fingerprint density at radius 1 is 1.32 bits per heavy atom. The molecule has 0 saturated carbocycles. The largest absolute Gasteiger partial charge is 0.543 e. The van der Waals surface area contributed by atoms with Crippen LogP contribution in [0.25, 0.3) is 0 Å². The van der Waals surface area contributed by atoms with Gasteiger partial charge < -0.3 is 4.43 Å². The summed E-state index contributed by atoms with van der Waals surface area (Å²) < 4.78 is 6.21. The van der Waals surface area contributed by atoms with Gasteiger partial charge in [-0.15, -0.1) is 0 Å². The fourth-order valence-electron chi connectivity index (χ4n) is 1.27. The molecule has 104 valence electrons. The van der Waals surface area contributed by atoms with Crippen LogP contribution in [-0.4, -0.2) is 20.4 Å². The Kier molecular flexibility index (Phi) is 4.69. The Balaban J connectivity index is 2.92. The number of amides is 1. The molecule has 0 heterocycles. The first-order valence-electron chi connectivity index (χ1n) is 6.45. The van der Waals surface area contributed by atoms with Gasteiger partial charge in [0.25, 0.3) is 0 Å². The van der Waals surface area contributed by atoms with Gasteiger partial charge in [0, 0.05) is 13.1 Å². The van der Waals surface area contributed by atoms with E-state index in [1.54, 1.807) is 6.21 Å². The Labute approximate surface area is 116 Å². The molecule has 0 unspecified atom stereocenters. The molecule has 0 aliphatic rings. The van der Waals surface area contributed by atoms with Crippen molar-refractivity contribution < 1.29 is 9.22 Å². The number of nitrogens with zero attached hydrogens (tertiary/aromatic N) is 1. The average molecular weight is 277 g/mol. The molecule has 1 aromatic carbocycles. The highest BCUT2D eigenvalue weighted by Gasteiger charge is 2.38. The summed E-state index contributed by atoms with van der Waals surface area (Å²) in [7, 11) is -1.82. The highest BCUT2D eigenvalue weighted by Crippen LogP contribution is 2.37. The molecule has 0 aliphatic carbocycles. The maximum atomic E-state index is 10.8. The van der Waals surface area contributed by atoms with Crippen molar-refractivity contribution in [1.29, 1.82) is 0 Å². The van der Waals surface area contributed by atoms with E-state index in [2.05, 4.69) is 38.9 Å². The molecule has 0 saturated heterocycles. The number of carbonyl (C=O) groups excluding carboxylic acids is 1. The predicted octanol–water partition coefficient (Wildman–Crippen LogP) is 4.04. The summed E-state index contributed by atoms with van der Waals surface area (Å²) >= 11 is 0. The fourth-order valence-corrected chi connectivity index (χ4v) is 2.29. The molecular formula is C15H23NO2Si. The monoisotopic (exact) mass is 277 g/mol. The maximum Gasteiger partial charge on any atom is 0.250 e. The van der Waals surface area contributed by atoms with Crippen molar-refractivity contribution >= 4 is 20.4 Å². The lowest BCUT2D eigenvalue weighted by molar-refractivity contribution is -0.115. The van der Waals surface area contributed by atoms with Crippen LogP contribution in [0.5, 0.6) is 5.75 Å². The minimum Gasteiger partial charge on any atom is -0.543 e. The first-order valence-corrected chi connectivity index (χ1v) is 9.36. The molecule has 4 heteroatoms. The summed E-state index contributed by atoms with van der Waals surface area (Å²) in [5, 5.41) is 0.163. The number of aliphatic imine (C=N–C) groups is 1. The van der Waals surface area contributed by atoms with E-state index >= 15 is 0 Å². The second-order valence-electron chi connectivity index (χ2n) is 6.21. The first-order chi connectivity index (χ1) is 8.62. The summed E-state index contributed by atoms with van der Waals surface area (Å²) in [5.74, 6) is 0.648. The number of carbonyl (C=O) groups is 1. The second kappa shape index (κ2) is 5.69. The van der Waals surface area contributed by atoms with E-state index in [0.717, 1.165) is 11.3 Å². The van der Waals surface area contributed by atoms with Gasteiger partial charge in [-0.3, -0.25) is 4.79 Å². The van der Waals surface area contributed by atoms with Crippen LogP contribution in [0.4, 0.5) is 0 Å². The molecule has 0 fully saturated rings. The molecule has 19 heavy (non-hydrogen) atoms. The molecule has 0 atom stereocenters. The Morgan fingerprint density at radius 3 is 2.47 bits per heavy atom. The van der Waals surface area contributed by atoms with Crippen LogP contribution < -0.4 is 4.43 Å². The normalized spacial score (nSPS) is 12.7. The van der Waals surface area contributed by atoms with Gasteiger partial charge in [0.05, 0.1) is 0 Å². The lowest BCUT2D eigenvalue weighted by atomic mass is 10.2. The van der Waals surface area contributed by atoms with Gasteiger partial charge in [-0.25, -0.2) is 4.99 Å². The van der Waals surface area contributed by atoms with E-state index < -0.39 is 8.32 Å². The highest BCUT2D eigenvalue weighted by atomic mass is 28.4. The van der Waals surface area contributed by atoms with Crippen molar-refractivity contribution in [1.82, 2.24) is 0 Å². The molecular weight excluding hydrogens is 254 g/mol. The van der Waals surface area contributed by atoms with Crippen molar-refractivity contribution in [3.63, 3.8) is 0 Å². The Bertz CT molecular complexity index is 487. The molecule has 0 bridgehead atoms. The lowest BCUT2D eigenvalue weighted by Crippen LogP contribution is -2.43. The quantitative estimate of drug-likeness (QED) is 0.618. The molecule has 0 aliphatic heterocycles. The second-order valence-corrected chi connectivity index (χ2v) is 10.9. The van der Waals surface area contributed by atoms with Gasteiger partial charge in [-0.2, -0.15) is 0 Å². The maximum absolute atomic E-state index is 10.8. The smallest absolute Gasteiger partial charge is 0.250 e. The van der Waals surface area contributed by atoms with Gasteiger partial charge in [0.2, 0.25) is 14.2 Å². The summed E-state index contributed by atoms with van der Waals surface area (Å²) in [6, 6.07) is 7.70. The van der Waals surface area contributed by atoms with Crippen LogP contribution in [0.2, 0.25) is 18.1 Å². The van der Waals surface area contributed by atoms with Crippen molar-refractivity contribution in [2.24, 2.45) is 4.99 Å². The molecule has 0 radical (unpaired) electrons. The van der Waals surface area contributed by atoms with Crippen LogP contribution in [0.15, 0.2) is 29.3 Å². The summed E-state index contributed by atoms with van der Waals surface area (Å²) in [6.45, 7) is 12.5. The Hall–Kier alpha value is -1.42.